The monoisotopic (exact) mass is 375 g/mol. The molecule has 1 aliphatic heterocycles. The highest BCUT2D eigenvalue weighted by Gasteiger charge is 2.39. The minimum absolute atomic E-state index is 0.00367. The summed E-state index contributed by atoms with van der Waals surface area (Å²) in [6.45, 7) is 5.88. The zero-order valence-corrected chi connectivity index (χ0v) is 16.3. The number of aromatic amines is 1. The number of aromatic nitrogens is 2. The van der Waals surface area contributed by atoms with Crippen LogP contribution in [0.15, 0.2) is 18.2 Å². The predicted octanol–water partition coefficient (Wildman–Crippen LogP) is 2.02. The number of hydrogen-bond donors (Lipinski definition) is 2. The molecule has 0 spiro atoms. The Labute approximate surface area is 159 Å². The van der Waals surface area contributed by atoms with Crippen molar-refractivity contribution in [3.8, 4) is 0 Å². The highest BCUT2D eigenvalue weighted by molar-refractivity contribution is 5.77. The number of ether oxygens (including phenoxy) is 2. The van der Waals surface area contributed by atoms with Crippen molar-refractivity contribution in [1.29, 1.82) is 0 Å². The maximum absolute atomic E-state index is 12.4. The van der Waals surface area contributed by atoms with Crippen LogP contribution in [0.5, 0.6) is 0 Å². The zero-order valence-electron chi connectivity index (χ0n) is 16.3. The van der Waals surface area contributed by atoms with Crippen molar-refractivity contribution in [1.82, 2.24) is 14.9 Å². The molecule has 1 amide bonds. The van der Waals surface area contributed by atoms with Crippen LogP contribution in [0.1, 0.15) is 31.2 Å². The van der Waals surface area contributed by atoms with Crippen molar-refractivity contribution in [2.45, 2.75) is 38.9 Å². The summed E-state index contributed by atoms with van der Waals surface area (Å²) in [7, 11) is 1.63. The van der Waals surface area contributed by atoms with E-state index in [-0.39, 0.29) is 25.0 Å². The fourth-order valence-corrected chi connectivity index (χ4v) is 3.61. The number of piperidine rings is 1. The molecule has 2 atom stereocenters. The molecule has 1 aliphatic rings. The molecule has 27 heavy (non-hydrogen) atoms. The molecule has 2 N–H and O–H groups in total. The topological polar surface area (TPSA) is 87.7 Å². The number of hydrogen-bond acceptors (Lipinski definition) is 5. The highest BCUT2D eigenvalue weighted by Crippen LogP contribution is 2.31. The molecule has 1 aromatic carbocycles. The number of benzene rings is 1. The SMILES string of the molecule is COCC[C@]1(O)CCN(C(=O)COCc2nc3ccc(C)cc3[nH]2)C[C@H]1C. The number of aryl methyl sites for hydroxylation is 1. The van der Waals surface area contributed by atoms with E-state index >= 15 is 0 Å². The number of nitrogens with zero attached hydrogens (tertiary/aromatic N) is 2. The third-order valence-electron chi connectivity index (χ3n) is 5.47. The number of fused-ring (bicyclic) bond motifs is 1. The molecule has 1 aromatic heterocycles. The largest absolute Gasteiger partial charge is 0.389 e. The van der Waals surface area contributed by atoms with Crippen LogP contribution in [-0.2, 0) is 20.9 Å². The van der Waals surface area contributed by atoms with E-state index < -0.39 is 5.60 Å². The molecular formula is C20H29N3O4. The Morgan fingerprint density at radius 3 is 3.04 bits per heavy atom. The summed E-state index contributed by atoms with van der Waals surface area (Å²) in [4.78, 5) is 21.9. The lowest BCUT2D eigenvalue weighted by molar-refractivity contribution is -0.145. The van der Waals surface area contributed by atoms with Crippen LogP contribution < -0.4 is 0 Å². The Balaban J connectivity index is 1.48. The van der Waals surface area contributed by atoms with E-state index in [2.05, 4.69) is 9.97 Å². The number of carbonyl (C=O) groups excluding carboxylic acids is 1. The Hall–Kier alpha value is -1.96. The van der Waals surface area contributed by atoms with Gasteiger partial charge in [0.25, 0.3) is 0 Å². The van der Waals surface area contributed by atoms with E-state index in [4.69, 9.17) is 9.47 Å². The maximum atomic E-state index is 12.4. The van der Waals surface area contributed by atoms with Gasteiger partial charge < -0.3 is 24.5 Å². The first-order chi connectivity index (χ1) is 12.9. The average molecular weight is 375 g/mol. The number of amides is 1. The van der Waals surface area contributed by atoms with Gasteiger partial charge >= 0.3 is 0 Å². The predicted molar refractivity (Wildman–Crippen MR) is 102 cm³/mol. The fourth-order valence-electron chi connectivity index (χ4n) is 3.61. The Kier molecular flexibility index (Phi) is 6.14. The summed E-state index contributed by atoms with van der Waals surface area (Å²) in [6, 6.07) is 6.02. The number of likely N-dealkylation sites (tertiary alicyclic amines) is 1. The van der Waals surface area contributed by atoms with E-state index in [9.17, 15) is 9.90 Å². The van der Waals surface area contributed by atoms with Crippen molar-refractivity contribution in [3.05, 3.63) is 29.6 Å². The van der Waals surface area contributed by atoms with Crippen LogP contribution in [0.3, 0.4) is 0 Å². The normalized spacial score (nSPS) is 23.1. The lowest BCUT2D eigenvalue weighted by Crippen LogP contribution is -2.53. The molecule has 7 heteroatoms. The molecule has 0 radical (unpaired) electrons. The third-order valence-corrected chi connectivity index (χ3v) is 5.47. The number of aliphatic hydroxyl groups is 1. The molecule has 1 saturated heterocycles. The van der Waals surface area contributed by atoms with Gasteiger partial charge in [-0.1, -0.05) is 13.0 Å². The second kappa shape index (κ2) is 8.37. The van der Waals surface area contributed by atoms with Gasteiger partial charge in [-0.05, 0) is 37.5 Å². The van der Waals surface area contributed by atoms with Crippen LogP contribution in [0.25, 0.3) is 11.0 Å². The Morgan fingerprint density at radius 1 is 1.48 bits per heavy atom. The molecule has 0 unspecified atom stereocenters. The van der Waals surface area contributed by atoms with Crippen LogP contribution in [0.2, 0.25) is 0 Å². The van der Waals surface area contributed by atoms with Gasteiger partial charge in [-0.3, -0.25) is 4.79 Å². The van der Waals surface area contributed by atoms with E-state index in [1.807, 2.05) is 32.0 Å². The molecule has 2 heterocycles. The highest BCUT2D eigenvalue weighted by atomic mass is 16.5. The van der Waals surface area contributed by atoms with Crippen LogP contribution in [0.4, 0.5) is 0 Å². The average Bonchev–Trinajstić information content (AvgIpc) is 3.04. The van der Waals surface area contributed by atoms with Crippen LogP contribution >= 0.6 is 0 Å². The Bertz CT molecular complexity index is 791. The summed E-state index contributed by atoms with van der Waals surface area (Å²) in [6.07, 6.45) is 1.15. The van der Waals surface area contributed by atoms with Gasteiger partial charge in [-0.2, -0.15) is 0 Å². The number of H-pyrrole nitrogens is 1. The third kappa shape index (κ3) is 4.66. The van der Waals surface area contributed by atoms with Gasteiger partial charge in [0.1, 0.15) is 19.0 Å². The summed E-state index contributed by atoms with van der Waals surface area (Å²) in [5, 5.41) is 10.7. The van der Waals surface area contributed by atoms with Crippen molar-refractivity contribution >= 4 is 16.9 Å². The smallest absolute Gasteiger partial charge is 0.248 e. The number of nitrogens with one attached hydrogen (secondary N) is 1. The quantitative estimate of drug-likeness (QED) is 0.773. The molecule has 0 aliphatic carbocycles. The number of methoxy groups -OCH3 is 1. The summed E-state index contributed by atoms with van der Waals surface area (Å²) in [5.74, 6) is 0.663. The van der Waals surface area contributed by atoms with E-state index in [0.717, 1.165) is 11.0 Å². The second-order valence-electron chi connectivity index (χ2n) is 7.53. The van der Waals surface area contributed by atoms with Gasteiger partial charge in [-0.15, -0.1) is 0 Å². The molecule has 0 bridgehead atoms. The Morgan fingerprint density at radius 2 is 2.30 bits per heavy atom. The summed E-state index contributed by atoms with van der Waals surface area (Å²) in [5.41, 5.74) is 2.27. The van der Waals surface area contributed by atoms with E-state index in [1.54, 1.807) is 12.0 Å². The number of carbonyl (C=O) groups is 1. The van der Waals surface area contributed by atoms with Gasteiger partial charge in [0.15, 0.2) is 0 Å². The lowest BCUT2D eigenvalue weighted by Gasteiger charge is -2.43. The minimum atomic E-state index is -0.764. The molecule has 7 nitrogen and oxygen atoms in total. The first kappa shape index (κ1) is 19.8. The lowest BCUT2D eigenvalue weighted by atomic mass is 9.80. The fraction of sp³-hybridized carbons (Fsp3) is 0.600. The zero-order chi connectivity index (χ0) is 19.4. The molecule has 2 aromatic rings. The molecule has 3 rings (SSSR count). The second-order valence-corrected chi connectivity index (χ2v) is 7.53. The molecule has 148 valence electrons. The van der Waals surface area contributed by atoms with Gasteiger partial charge in [0.2, 0.25) is 5.91 Å². The number of imidazole rings is 1. The van der Waals surface area contributed by atoms with Crippen LogP contribution in [-0.4, -0.2) is 64.9 Å². The maximum Gasteiger partial charge on any atom is 0.248 e. The van der Waals surface area contributed by atoms with Crippen molar-refractivity contribution in [2.24, 2.45) is 5.92 Å². The van der Waals surface area contributed by atoms with Gasteiger partial charge in [0.05, 0.1) is 16.6 Å². The first-order valence-corrected chi connectivity index (χ1v) is 9.43. The first-order valence-electron chi connectivity index (χ1n) is 9.43. The summed E-state index contributed by atoms with van der Waals surface area (Å²) < 4.78 is 10.7. The molecule has 1 fully saturated rings. The summed E-state index contributed by atoms with van der Waals surface area (Å²) >= 11 is 0. The van der Waals surface area contributed by atoms with Gasteiger partial charge in [-0.25, -0.2) is 4.98 Å². The van der Waals surface area contributed by atoms with Crippen molar-refractivity contribution in [3.63, 3.8) is 0 Å². The molecule has 0 saturated carbocycles. The van der Waals surface area contributed by atoms with E-state index in [0.29, 0.717) is 38.4 Å². The van der Waals surface area contributed by atoms with Crippen molar-refractivity contribution < 1.29 is 19.4 Å². The minimum Gasteiger partial charge on any atom is -0.389 e. The van der Waals surface area contributed by atoms with Gasteiger partial charge in [0, 0.05) is 32.7 Å². The number of rotatable bonds is 7. The standard InChI is InChI=1S/C20H29N3O4/c1-14-4-5-16-17(10-14)22-18(21-16)12-27-13-19(24)23-8-6-20(25,7-9-26-3)15(2)11-23/h4-5,10,15,25H,6-9,11-13H2,1-3H3,(H,21,22)/t15-,20-/m1/s1. The van der Waals surface area contributed by atoms with E-state index in [1.165, 1.54) is 5.56 Å². The molecular weight excluding hydrogens is 346 g/mol. The van der Waals surface area contributed by atoms with Crippen LogP contribution in [0, 0.1) is 12.8 Å². The van der Waals surface area contributed by atoms with Crippen molar-refractivity contribution in [2.75, 3.05) is 33.4 Å².